The summed E-state index contributed by atoms with van der Waals surface area (Å²) in [5, 5.41) is 5.99. The first-order chi connectivity index (χ1) is 8.15. The van der Waals surface area contributed by atoms with Gasteiger partial charge in [-0.1, -0.05) is 15.9 Å². The van der Waals surface area contributed by atoms with Crippen LogP contribution in [0.1, 0.15) is 5.56 Å². The number of amides is 1. The standard InChI is InChI=1S/C12H15BrN2O2/c1-8-4-9(13)6-10(5-8)15-12(16)11-7-14-2-3-17-11/h4-6,11,14H,2-3,7H2,1H3,(H,15,16). The van der Waals surface area contributed by atoms with Gasteiger partial charge in [0.25, 0.3) is 5.91 Å². The average Bonchev–Trinajstić information content (AvgIpc) is 2.28. The summed E-state index contributed by atoms with van der Waals surface area (Å²) in [7, 11) is 0. The van der Waals surface area contributed by atoms with Crippen LogP contribution in [0.3, 0.4) is 0 Å². The van der Waals surface area contributed by atoms with Gasteiger partial charge in [-0.2, -0.15) is 0 Å². The van der Waals surface area contributed by atoms with Crippen LogP contribution in [0.4, 0.5) is 5.69 Å². The summed E-state index contributed by atoms with van der Waals surface area (Å²) in [6, 6.07) is 5.80. The second kappa shape index (κ2) is 5.62. The van der Waals surface area contributed by atoms with E-state index in [2.05, 4.69) is 26.6 Å². The zero-order chi connectivity index (χ0) is 12.3. The number of nitrogens with one attached hydrogen (secondary N) is 2. The summed E-state index contributed by atoms with van der Waals surface area (Å²) in [5.74, 6) is -0.102. The van der Waals surface area contributed by atoms with Gasteiger partial charge in [-0.15, -0.1) is 0 Å². The van der Waals surface area contributed by atoms with Crippen molar-refractivity contribution < 1.29 is 9.53 Å². The molecule has 0 radical (unpaired) electrons. The number of hydrogen-bond acceptors (Lipinski definition) is 3. The molecule has 1 fully saturated rings. The van der Waals surface area contributed by atoms with Crippen molar-refractivity contribution in [2.75, 3.05) is 25.0 Å². The highest BCUT2D eigenvalue weighted by molar-refractivity contribution is 9.10. The zero-order valence-electron chi connectivity index (χ0n) is 9.63. The predicted octanol–water partition coefficient (Wildman–Crippen LogP) is 1.68. The van der Waals surface area contributed by atoms with E-state index in [0.717, 1.165) is 22.3 Å². The third-order valence-corrected chi connectivity index (χ3v) is 2.99. The molecule has 0 spiro atoms. The van der Waals surface area contributed by atoms with E-state index in [1.54, 1.807) is 0 Å². The molecule has 0 bridgehead atoms. The van der Waals surface area contributed by atoms with Crippen molar-refractivity contribution in [2.45, 2.75) is 13.0 Å². The lowest BCUT2D eigenvalue weighted by molar-refractivity contribution is -0.128. The van der Waals surface area contributed by atoms with Crippen molar-refractivity contribution in [3.63, 3.8) is 0 Å². The Morgan fingerprint density at radius 1 is 1.53 bits per heavy atom. The Kier molecular flexibility index (Phi) is 4.15. The van der Waals surface area contributed by atoms with E-state index in [0.29, 0.717) is 13.2 Å². The molecule has 2 N–H and O–H groups in total. The monoisotopic (exact) mass is 298 g/mol. The smallest absolute Gasteiger partial charge is 0.254 e. The molecule has 2 rings (SSSR count). The topological polar surface area (TPSA) is 50.4 Å². The van der Waals surface area contributed by atoms with Crippen molar-refractivity contribution in [1.82, 2.24) is 5.32 Å². The fraction of sp³-hybridized carbons (Fsp3) is 0.417. The van der Waals surface area contributed by atoms with Gasteiger partial charge < -0.3 is 15.4 Å². The van der Waals surface area contributed by atoms with Gasteiger partial charge in [-0.25, -0.2) is 0 Å². The van der Waals surface area contributed by atoms with E-state index < -0.39 is 6.10 Å². The van der Waals surface area contributed by atoms with E-state index in [1.807, 2.05) is 25.1 Å². The fourth-order valence-electron chi connectivity index (χ4n) is 1.77. The van der Waals surface area contributed by atoms with Crippen LogP contribution in [0.15, 0.2) is 22.7 Å². The lowest BCUT2D eigenvalue weighted by atomic mass is 10.2. The second-order valence-corrected chi connectivity index (χ2v) is 4.99. The zero-order valence-corrected chi connectivity index (χ0v) is 11.2. The maximum Gasteiger partial charge on any atom is 0.254 e. The number of anilines is 1. The van der Waals surface area contributed by atoms with Crippen molar-refractivity contribution in [3.8, 4) is 0 Å². The van der Waals surface area contributed by atoms with Crippen molar-refractivity contribution >= 4 is 27.5 Å². The molecule has 1 unspecified atom stereocenters. The number of rotatable bonds is 2. The van der Waals surface area contributed by atoms with Gasteiger partial charge >= 0.3 is 0 Å². The average molecular weight is 299 g/mol. The van der Waals surface area contributed by atoms with Gasteiger partial charge in [-0.05, 0) is 30.7 Å². The minimum Gasteiger partial charge on any atom is -0.366 e. The molecule has 4 nitrogen and oxygen atoms in total. The number of aryl methyl sites for hydroxylation is 1. The SMILES string of the molecule is Cc1cc(Br)cc(NC(=O)C2CNCCO2)c1. The molecule has 0 aliphatic carbocycles. The highest BCUT2D eigenvalue weighted by Crippen LogP contribution is 2.19. The number of ether oxygens (including phenoxy) is 1. The van der Waals surface area contributed by atoms with Crippen LogP contribution in [-0.4, -0.2) is 31.7 Å². The van der Waals surface area contributed by atoms with Gasteiger partial charge in [0.1, 0.15) is 6.10 Å². The predicted molar refractivity (Wildman–Crippen MR) is 70.1 cm³/mol. The minimum absolute atomic E-state index is 0.102. The maximum absolute atomic E-state index is 11.9. The van der Waals surface area contributed by atoms with Crippen LogP contribution in [0.5, 0.6) is 0 Å². The normalized spacial score (nSPS) is 20.0. The molecule has 0 saturated carbocycles. The van der Waals surface area contributed by atoms with E-state index in [9.17, 15) is 4.79 Å². The molecule has 5 heteroatoms. The lowest BCUT2D eigenvalue weighted by Gasteiger charge is -2.22. The van der Waals surface area contributed by atoms with Crippen molar-refractivity contribution in [2.24, 2.45) is 0 Å². The third kappa shape index (κ3) is 3.52. The molecule has 1 saturated heterocycles. The number of carbonyl (C=O) groups excluding carboxylic acids is 1. The number of halogens is 1. The first kappa shape index (κ1) is 12.5. The number of morpholine rings is 1. The van der Waals surface area contributed by atoms with Crippen LogP contribution in [0, 0.1) is 6.92 Å². The molecule has 1 amide bonds. The summed E-state index contributed by atoms with van der Waals surface area (Å²) < 4.78 is 6.34. The van der Waals surface area contributed by atoms with Crippen molar-refractivity contribution in [1.29, 1.82) is 0 Å². The summed E-state index contributed by atoms with van der Waals surface area (Å²) in [6.07, 6.45) is -0.400. The summed E-state index contributed by atoms with van der Waals surface area (Å²) in [5.41, 5.74) is 1.88. The molecule has 1 aromatic carbocycles. The molecule has 1 aliphatic rings. The molecular weight excluding hydrogens is 284 g/mol. The first-order valence-electron chi connectivity index (χ1n) is 5.55. The van der Waals surface area contributed by atoms with E-state index in [-0.39, 0.29) is 5.91 Å². The van der Waals surface area contributed by atoms with Crippen molar-refractivity contribution in [3.05, 3.63) is 28.2 Å². The number of benzene rings is 1. The molecule has 1 heterocycles. The van der Waals surface area contributed by atoms with Crippen LogP contribution in [0.2, 0.25) is 0 Å². The van der Waals surface area contributed by atoms with Gasteiger partial charge in [0, 0.05) is 23.2 Å². The maximum atomic E-state index is 11.9. The molecule has 17 heavy (non-hydrogen) atoms. The summed E-state index contributed by atoms with van der Waals surface area (Å²) in [6.45, 7) is 3.94. The van der Waals surface area contributed by atoms with Crippen LogP contribution < -0.4 is 10.6 Å². The van der Waals surface area contributed by atoms with E-state index in [4.69, 9.17) is 4.74 Å². The molecule has 1 aromatic rings. The van der Waals surface area contributed by atoms with E-state index in [1.165, 1.54) is 0 Å². The Morgan fingerprint density at radius 2 is 2.35 bits per heavy atom. The first-order valence-corrected chi connectivity index (χ1v) is 6.35. The Hall–Kier alpha value is -0.910. The fourth-order valence-corrected chi connectivity index (χ4v) is 2.37. The molecular formula is C12H15BrN2O2. The van der Waals surface area contributed by atoms with E-state index >= 15 is 0 Å². The lowest BCUT2D eigenvalue weighted by Crippen LogP contribution is -2.45. The van der Waals surface area contributed by atoms with Gasteiger partial charge in [0.15, 0.2) is 0 Å². The van der Waals surface area contributed by atoms with Crippen LogP contribution in [0.25, 0.3) is 0 Å². The minimum atomic E-state index is -0.400. The number of hydrogen-bond donors (Lipinski definition) is 2. The van der Waals surface area contributed by atoms with Gasteiger partial charge in [0.05, 0.1) is 6.61 Å². The second-order valence-electron chi connectivity index (χ2n) is 4.07. The molecule has 1 aliphatic heterocycles. The van der Waals surface area contributed by atoms with Gasteiger partial charge in [-0.3, -0.25) is 4.79 Å². The highest BCUT2D eigenvalue weighted by atomic mass is 79.9. The Labute approximate surface area is 109 Å². The Bertz CT molecular complexity index is 397. The van der Waals surface area contributed by atoms with Crippen LogP contribution >= 0.6 is 15.9 Å². The summed E-state index contributed by atoms with van der Waals surface area (Å²) >= 11 is 3.40. The quantitative estimate of drug-likeness (QED) is 0.873. The molecule has 92 valence electrons. The molecule has 0 aromatic heterocycles. The molecule has 1 atom stereocenters. The van der Waals surface area contributed by atoms with Crippen LogP contribution in [-0.2, 0) is 9.53 Å². The Morgan fingerprint density at radius 3 is 3.00 bits per heavy atom. The summed E-state index contributed by atoms with van der Waals surface area (Å²) in [4.78, 5) is 11.9. The largest absolute Gasteiger partial charge is 0.366 e. The third-order valence-electron chi connectivity index (χ3n) is 2.53. The number of carbonyl (C=O) groups is 1. The van der Waals surface area contributed by atoms with Gasteiger partial charge in [0.2, 0.25) is 0 Å². The highest BCUT2D eigenvalue weighted by Gasteiger charge is 2.21. The Balaban J connectivity index is 2.01.